The highest BCUT2D eigenvalue weighted by molar-refractivity contribution is 5.89. The molecule has 29 heavy (non-hydrogen) atoms. The minimum absolute atomic E-state index is 0.0342. The van der Waals surface area contributed by atoms with E-state index in [0.29, 0.717) is 37.8 Å². The Morgan fingerprint density at radius 2 is 1.45 bits per heavy atom. The number of ether oxygens (including phenoxy) is 2. The third kappa shape index (κ3) is 7.52. The van der Waals surface area contributed by atoms with Crippen molar-refractivity contribution < 1.29 is 23.9 Å². The monoisotopic (exact) mass is 403 g/mol. The molecule has 160 valence electrons. The van der Waals surface area contributed by atoms with Crippen LogP contribution >= 0.6 is 0 Å². The lowest BCUT2D eigenvalue weighted by atomic mass is 9.93. The Morgan fingerprint density at radius 3 is 1.93 bits per heavy atom. The van der Waals surface area contributed by atoms with E-state index in [-0.39, 0.29) is 23.9 Å². The third-order valence-corrected chi connectivity index (χ3v) is 4.52. The van der Waals surface area contributed by atoms with Gasteiger partial charge in [0, 0.05) is 25.4 Å². The lowest BCUT2D eigenvalue weighted by Crippen LogP contribution is -2.44. The van der Waals surface area contributed by atoms with Crippen molar-refractivity contribution in [2.45, 2.75) is 91.0 Å². The van der Waals surface area contributed by atoms with E-state index in [0.717, 1.165) is 5.56 Å². The molecule has 1 aromatic carbocycles. The molecular formula is C23H33NO5. The Labute approximate surface area is 173 Å². The van der Waals surface area contributed by atoms with Crippen LogP contribution in [0.5, 0.6) is 0 Å². The number of esters is 1. The minimum Gasteiger partial charge on any atom is -0.456 e. The molecule has 6 heteroatoms. The average Bonchev–Trinajstić information content (AvgIpc) is 2.58. The van der Waals surface area contributed by atoms with Crippen molar-refractivity contribution in [1.29, 1.82) is 0 Å². The van der Waals surface area contributed by atoms with Crippen LogP contribution in [-0.4, -0.2) is 40.0 Å². The number of ketones is 1. The van der Waals surface area contributed by atoms with Crippen molar-refractivity contribution >= 4 is 17.8 Å². The van der Waals surface area contributed by atoms with Crippen LogP contribution in [0.15, 0.2) is 24.3 Å². The van der Waals surface area contributed by atoms with E-state index < -0.39 is 11.2 Å². The molecule has 1 fully saturated rings. The maximum atomic E-state index is 12.8. The summed E-state index contributed by atoms with van der Waals surface area (Å²) in [5, 5.41) is 0. The third-order valence-electron chi connectivity index (χ3n) is 4.52. The fourth-order valence-electron chi connectivity index (χ4n) is 3.18. The summed E-state index contributed by atoms with van der Waals surface area (Å²) in [5.41, 5.74) is 0.207. The van der Waals surface area contributed by atoms with Gasteiger partial charge in [-0.25, -0.2) is 9.59 Å². The minimum atomic E-state index is -0.597. The summed E-state index contributed by atoms with van der Waals surface area (Å²) < 4.78 is 11.0. The fourth-order valence-corrected chi connectivity index (χ4v) is 3.18. The molecule has 1 saturated carbocycles. The summed E-state index contributed by atoms with van der Waals surface area (Å²) >= 11 is 0. The Hall–Kier alpha value is -2.37. The number of hydrogen-bond acceptors (Lipinski definition) is 5. The molecule has 0 heterocycles. The fraction of sp³-hybridized carbons (Fsp3) is 0.609. The zero-order valence-electron chi connectivity index (χ0n) is 18.4. The van der Waals surface area contributed by atoms with Crippen molar-refractivity contribution in [2.75, 3.05) is 0 Å². The van der Waals surface area contributed by atoms with Crippen molar-refractivity contribution in [2.24, 2.45) is 0 Å². The van der Waals surface area contributed by atoms with E-state index in [9.17, 15) is 14.4 Å². The molecule has 0 aliphatic heterocycles. The molecule has 0 aromatic heterocycles. The SMILES string of the molecule is CC(C)(C)OC(=O)c1ccc(CN(C(=O)OC(C)(C)C)C2CCC(=O)CC2)cc1. The maximum Gasteiger partial charge on any atom is 0.410 e. The number of hydrogen-bond donors (Lipinski definition) is 0. The van der Waals surface area contributed by atoms with Gasteiger partial charge in [0.15, 0.2) is 0 Å². The summed E-state index contributed by atoms with van der Waals surface area (Å²) in [6.45, 7) is 11.4. The molecule has 1 aliphatic carbocycles. The maximum absolute atomic E-state index is 12.8. The second-order valence-corrected chi connectivity index (χ2v) is 9.58. The molecule has 1 aliphatic rings. The topological polar surface area (TPSA) is 72.9 Å². The molecule has 0 saturated heterocycles. The van der Waals surface area contributed by atoms with E-state index in [2.05, 4.69) is 0 Å². The van der Waals surface area contributed by atoms with Gasteiger partial charge in [0.1, 0.15) is 17.0 Å². The molecule has 0 bridgehead atoms. The summed E-state index contributed by atoms with van der Waals surface area (Å²) in [6.07, 6.45) is 1.89. The predicted molar refractivity (Wildman–Crippen MR) is 111 cm³/mol. The van der Waals surface area contributed by atoms with Crippen molar-refractivity contribution in [1.82, 2.24) is 4.90 Å². The first-order valence-corrected chi connectivity index (χ1v) is 10.2. The van der Waals surface area contributed by atoms with Gasteiger partial charge in [-0.05, 0) is 72.1 Å². The van der Waals surface area contributed by atoms with E-state index in [1.165, 1.54) is 0 Å². The van der Waals surface area contributed by atoms with E-state index in [4.69, 9.17) is 9.47 Å². The number of amides is 1. The van der Waals surface area contributed by atoms with Gasteiger partial charge in [-0.15, -0.1) is 0 Å². The lowest BCUT2D eigenvalue weighted by molar-refractivity contribution is -0.121. The van der Waals surface area contributed by atoms with Crippen LogP contribution < -0.4 is 0 Å². The normalized spacial score (nSPS) is 15.7. The van der Waals surface area contributed by atoms with Crippen LogP contribution in [0, 0.1) is 0 Å². The smallest absolute Gasteiger partial charge is 0.410 e. The van der Waals surface area contributed by atoms with Crippen LogP contribution in [0.3, 0.4) is 0 Å². The Kier molecular flexibility index (Phi) is 7.09. The first-order chi connectivity index (χ1) is 13.3. The second-order valence-electron chi connectivity index (χ2n) is 9.58. The molecule has 6 nitrogen and oxygen atoms in total. The Balaban J connectivity index is 2.14. The summed E-state index contributed by atoms with van der Waals surface area (Å²) in [5.74, 6) is -0.133. The molecule has 0 N–H and O–H groups in total. The van der Waals surface area contributed by atoms with Crippen molar-refractivity contribution in [3.63, 3.8) is 0 Å². The Bertz CT molecular complexity index is 730. The highest BCUT2D eigenvalue weighted by Gasteiger charge is 2.31. The van der Waals surface area contributed by atoms with Gasteiger partial charge in [0.25, 0.3) is 0 Å². The molecule has 0 atom stereocenters. The highest BCUT2D eigenvalue weighted by Crippen LogP contribution is 2.25. The second kappa shape index (κ2) is 8.97. The van der Waals surface area contributed by atoms with Gasteiger partial charge in [-0.1, -0.05) is 12.1 Å². The molecule has 0 spiro atoms. The zero-order chi connectivity index (χ0) is 21.8. The van der Waals surface area contributed by atoms with Gasteiger partial charge in [-0.3, -0.25) is 4.79 Å². The first kappa shape index (κ1) is 22.9. The lowest BCUT2D eigenvalue weighted by Gasteiger charge is -2.35. The van der Waals surface area contributed by atoms with E-state index in [1.807, 2.05) is 53.7 Å². The predicted octanol–water partition coefficient (Wildman–Crippen LogP) is 4.89. The number of Topliss-reactive ketones (excluding diaryl/α,β-unsaturated/α-hetero) is 1. The highest BCUT2D eigenvalue weighted by atomic mass is 16.6. The van der Waals surface area contributed by atoms with Crippen LogP contribution in [0.25, 0.3) is 0 Å². The quantitative estimate of drug-likeness (QED) is 0.669. The average molecular weight is 404 g/mol. The Morgan fingerprint density at radius 1 is 0.931 bits per heavy atom. The van der Waals surface area contributed by atoms with Crippen molar-refractivity contribution in [3.05, 3.63) is 35.4 Å². The number of benzene rings is 1. The number of nitrogens with zero attached hydrogens (tertiary/aromatic N) is 1. The summed E-state index contributed by atoms with van der Waals surface area (Å²) in [4.78, 5) is 38.3. The zero-order valence-corrected chi connectivity index (χ0v) is 18.4. The molecule has 0 radical (unpaired) electrons. The number of carbonyl (C=O) groups excluding carboxylic acids is 3. The van der Waals surface area contributed by atoms with Gasteiger partial charge in [0.2, 0.25) is 0 Å². The molecule has 2 rings (SSSR count). The van der Waals surface area contributed by atoms with Crippen LogP contribution in [0.2, 0.25) is 0 Å². The van der Waals surface area contributed by atoms with Gasteiger partial charge >= 0.3 is 12.1 Å². The van der Waals surface area contributed by atoms with E-state index >= 15 is 0 Å². The van der Waals surface area contributed by atoms with E-state index in [1.54, 1.807) is 17.0 Å². The first-order valence-electron chi connectivity index (χ1n) is 10.2. The number of carbonyl (C=O) groups is 3. The molecule has 1 amide bonds. The molecule has 0 unspecified atom stereocenters. The van der Waals surface area contributed by atoms with Crippen LogP contribution in [-0.2, 0) is 20.8 Å². The number of rotatable bonds is 4. The van der Waals surface area contributed by atoms with Crippen LogP contribution in [0.4, 0.5) is 4.79 Å². The van der Waals surface area contributed by atoms with Gasteiger partial charge < -0.3 is 14.4 Å². The van der Waals surface area contributed by atoms with Gasteiger partial charge in [-0.2, -0.15) is 0 Å². The summed E-state index contributed by atoms with van der Waals surface area (Å²) in [6, 6.07) is 7.03. The standard InChI is InChI=1S/C23H33NO5/c1-22(2,3)28-20(26)17-9-7-16(8-10-17)15-24(21(27)29-23(4,5)6)18-11-13-19(25)14-12-18/h7-10,18H,11-15H2,1-6H3. The molecular weight excluding hydrogens is 370 g/mol. The molecule has 1 aromatic rings. The van der Waals surface area contributed by atoms with Crippen molar-refractivity contribution in [3.8, 4) is 0 Å². The summed E-state index contributed by atoms with van der Waals surface area (Å²) in [7, 11) is 0. The van der Waals surface area contributed by atoms with Crippen LogP contribution in [0.1, 0.15) is 83.1 Å². The largest absolute Gasteiger partial charge is 0.456 e. The van der Waals surface area contributed by atoms with Gasteiger partial charge in [0.05, 0.1) is 5.56 Å².